The van der Waals surface area contributed by atoms with E-state index in [1.165, 1.54) is 9.79 Å². The van der Waals surface area contributed by atoms with Gasteiger partial charge in [0.2, 0.25) is 0 Å². The number of hydrogen-bond acceptors (Lipinski definition) is 4. The highest BCUT2D eigenvalue weighted by Crippen LogP contribution is 2.18. The number of aromatic nitrogens is 2. The third kappa shape index (κ3) is 4.94. The summed E-state index contributed by atoms with van der Waals surface area (Å²) >= 11 is 3.64. The smallest absolute Gasteiger partial charge is 0.0278 e. The van der Waals surface area contributed by atoms with Gasteiger partial charge in [-0.05, 0) is 24.3 Å². The van der Waals surface area contributed by atoms with Gasteiger partial charge >= 0.3 is 0 Å². The Morgan fingerprint density at radius 2 is 1.11 bits per heavy atom. The van der Waals surface area contributed by atoms with Crippen LogP contribution in [-0.4, -0.2) is 21.5 Å². The maximum absolute atomic E-state index is 4.00. The van der Waals surface area contributed by atoms with E-state index < -0.39 is 0 Å². The van der Waals surface area contributed by atoms with Crippen molar-refractivity contribution in [1.29, 1.82) is 0 Å². The van der Waals surface area contributed by atoms with Crippen molar-refractivity contribution in [3.63, 3.8) is 0 Å². The van der Waals surface area contributed by atoms with Gasteiger partial charge in [0.05, 0.1) is 0 Å². The monoisotopic (exact) mass is 274 g/mol. The largest absolute Gasteiger partial charge is 0.265 e. The molecule has 2 rings (SSSR count). The average Bonchev–Trinajstić information content (AvgIpc) is 2.45. The fourth-order valence-electron chi connectivity index (χ4n) is 1.29. The molecule has 0 fully saturated rings. The van der Waals surface area contributed by atoms with Crippen molar-refractivity contribution in [3.8, 4) is 0 Å². The van der Waals surface area contributed by atoms with E-state index in [9.17, 15) is 0 Å². The Kier molecular flexibility index (Phi) is 5.82. The number of thioether (sulfide) groups is 2. The molecule has 0 aliphatic rings. The predicted molar refractivity (Wildman–Crippen MR) is 79.1 cm³/mol. The molecule has 92 valence electrons. The standard InChI is InChI=1S/C14H14N2S2/c1(11-17-13-3-7-15-8-4-13)2-12-18-14-5-9-16-10-6-14/h1-10H,11-12H2/b2-1+. The Labute approximate surface area is 116 Å². The topological polar surface area (TPSA) is 25.8 Å². The van der Waals surface area contributed by atoms with Crippen LogP contribution >= 0.6 is 23.5 Å². The van der Waals surface area contributed by atoms with Gasteiger partial charge in [0, 0.05) is 46.1 Å². The zero-order valence-corrected chi connectivity index (χ0v) is 11.5. The van der Waals surface area contributed by atoms with Crippen molar-refractivity contribution in [2.75, 3.05) is 11.5 Å². The van der Waals surface area contributed by atoms with E-state index in [4.69, 9.17) is 0 Å². The molecule has 0 aliphatic carbocycles. The van der Waals surface area contributed by atoms with Crippen LogP contribution in [0.2, 0.25) is 0 Å². The van der Waals surface area contributed by atoms with Gasteiger partial charge in [-0.2, -0.15) is 0 Å². The molecule has 0 aliphatic heterocycles. The van der Waals surface area contributed by atoms with E-state index in [-0.39, 0.29) is 0 Å². The molecule has 2 aromatic rings. The van der Waals surface area contributed by atoms with Crippen LogP contribution in [0, 0.1) is 0 Å². The lowest BCUT2D eigenvalue weighted by molar-refractivity contribution is 1.26. The predicted octanol–water partition coefficient (Wildman–Crippen LogP) is 3.92. The lowest BCUT2D eigenvalue weighted by atomic mass is 10.5. The summed E-state index contributed by atoms with van der Waals surface area (Å²) in [4.78, 5) is 10.5. The van der Waals surface area contributed by atoms with Gasteiger partial charge in [0.1, 0.15) is 0 Å². The molecule has 0 N–H and O–H groups in total. The maximum Gasteiger partial charge on any atom is 0.0278 e. The molecule has 0 radical (unpaired) electrons. The van der Waals surface area contributed by atoms with Crippen molar-refractivity contribution in [2.24, 2.45) is 0 Å². The first-order chi connectivity index (χ1) is 8.95. The zero-order valence-electron chi connectivity index (χ0n) is 9.90. The van der Waals surface area contributed by atoms with Crippen molar-refractivity contribution >= 4 is 23.5 Å². The highest BCUT2D eigenvalue weighted by atomic mass is 32.2. The molecule has 0 unspecified atom stereocenters. The Bertz CT molecular complexity index is 426. The first-order valence-electron chi connectivity index (χ1n) is 5.66. The second-order valence-electron chi connectivity index (χ2n) is 3.46. The van der Waals surface area contributed by atoms with Crippen molar-refractivity contribution in [2.45, 2.75) is 9.79 Å². The number of nitrogens with zero attached hydrogens (tertiary/aromatic N) is 2. The molecule has 0 spiro atoms. The summed E-state index contributed by atoms with van der Waals surface area (Å²) in [6.07, 6.45) is 11.7. The minimum Gasteiger partial charge on any atom is -0.265 e. The van der Waals surface area contributed by atoms with Gasteiger partial charge in [0.25, 0.3) is 0 Å². The van der Waals surface area contributed by atoms with Crippen LogP contribution in [0.25, 0.3) is 0 Å². The SMILES string of the molecule is C(=C\CSc1ccncc1)/CSc1ccncc1. The van der Waals surface area contributed by atoms with Crippen LogP contribution in [0.5, 0.6) is 0 Å². The summed E-state index contributed by atoms with van der Waals surface area (Å²) in [6.45, 7) is 0. The Morgan fingerprint density at radius 3 is 1.50 bits per heavy atom. The third-order valence-electron chi connectivity index (χ3n) is 2.16. The minimum absolute atomic E-state index is 1.00. The molecule has 0 atom stereocenters. The van der Waals surface area contributed by atoms with Crippen LogP contribution in [0.4, 0.5) is 0 Å². The second kappa shape index (κ2) is 7.95. The molecule has 0 saturated heterocycles. The van der Waals surface area contributed by atoms with Crippen molar-refractivity contribution in [1.82, 2.24) is 9.97 Å². The number of hydrogen-bond donors (Lipinski definition) is 0. The second-order valence-corrected chi connectivity index (χ2v) is 5.65. The molecule has 2 aromatic heterocycles. The highest BCUT2D eigenvalue weighted by Gasteiger charge is 1.90. The van der Waals surface area contributed by atoms with E-state index >= 15 is 0 Å². The van der Waals surface area contributed by atoms with Crippen molar-refractivity contribution in [3.05, 3.63) is 61.2 Å². The summed E-state index contributed by atoms with van der Waals surface area (Å²) in [5.41, 5.74) is 0. The van der Waals surface area contributed by atoms with Crippen LogP contribution in [0.1, 0.15) is 0 Å². The van der Waals surface area contributed by atoms with Crippen LogP contribution in [-0.2, 0) is 0 Å². The first kappa shape index (κ1) is 13.2. The summed E-state index contributed by atoms with van der Waals surface area (Å²) < 4.78 is 0. The Morgan fingerprint density at radius 1 is 0.722 bits per heavy atom. The van der Waals surface area contributed by atoms with E-state index in [2.05, 4.69) is 22.1 Å². The summed E-state index contributed by atoms with van der Waals surface area (Å²) in [5.74, 6) is 2.00. The van der Waals surface area contributed by atoms with Crippen LogP contribution < -0.4 is 0 Å². The molecule has 2 heterocycles. The first-order valence-corrected chi connectivity index (χ1v) is 7.63. The van der Waals surface area contributed by atoms with E-state index in [0.29, 0.717) is 0 Å². The highest BCUT2D eigenvalue weighted by molar-refractivity contribution is 7.99. The normalized spacial score (nSPS) is 10.9. The molecule has 0 amide bonds. The average molecular weight is 274 g/mol. The Balaban J connectivity index is 1.64. The van der Waals surface area contributed by atoms with Gasteiger partial charge in [-0.3, -0.25) is 9.97 Å². The van der Waals surface area contributed by atoms with E-state index in [1.54, 1.807) is 0 Å². The van der Waals surface area contributed by atoms with Gasteiger partial charge in [0.15, 0.2) is 0 Å². The number of pyridine rings is 2. The van der Waals surface area contributed by atoms with Gasteiger partial charge < -0.3 is 0 Å². The van der Waals surface area contributed by atoms with Gasteiger partial charge in [-0.25, -0.2) is 0 Å². The van der Waals surface area contributed by atoms with E-state index in [0.717, 1.165) is 11.5 Å². The van der Waals surface area contributed by atoms with Crippen LogP contribution in [0.15, 0.2) is 71.0 Å². The molecule has 0 aromatic carbocycles. The maximum atomic E-state index is 4.00. The van der Waals surface area contributed by atoms with E-state index in [1.807, 2.05) is 72.6 Å². The minimum atomic E-state index is 1.00. The third-order valence-corrected chi connectivity index (χ3v) is 4.09. The van der Waals surface area contributed by atoms with Gasteiger partial charge in [-0.15, -0.1) is 23.5 Å². The fourth-order valence-corrected chi connectivity index (χ4v) is 2.77. The lowest BCUT2D eigenvalue weighted by Gasteiger charge is -1.97. The summed E-state index contributed by atoms with van der Waals surface area (Å²) in [5, 5.41) is 0. The zero-order chi connectivity index (χ0) is 12.5. The molecule has 4 heteroatoms. The molecule has 0 saturated carbocycles. The fraction of sp³-hybridized carbons (Fsp3) is 0.143. The molecular weight excluding hydrogens is 260 g/mol. The molecule has 2 nitrogen and oxygen atoms in total. The Hall–Kier alpha value is -1.26. The molecular formula is C14H14N2S2. The quantitative estimate of drug-likeness (QED) is 0.589. The lowest BCUT2D eigenvalue weighted by Crippen LogP contribution is -1.77. The molecule has 0 bridgehead atoms. The number of rotatable bonds is 6. The van der Waals surface area contributed by atoms with Crippen molar-refractivity contribution < 1.29 is 0 Å². The van der Waals surface area contributed by atoms with Crippen LogP contribution in [0.3, 0.4) is 0 Å². The van der Waals surface area contributed by atoms with Gasteiger partial charge in [-0.1, -0.05) is 12.2 Å². The molecule has 18 heavy (non-hydrogen) atoms. The summed E-state index contributed by atoms with van der Waals surface area (Å²) in [6, 6.07) is 8.13. The summed E-state index contributed by atoms with van der Waals surface area (Å²) in [7, 11) is 0.